The number of carbonyl (C=O) groups is 2. The molecule has 0 saturated heterocycles. The van der Waals surface area contributed by atoms with Gasteiger partial charge in [-0.1, -0.05) is 18.2 Å². The SMILES string of the molecule is O=C(O)c1ccc(OC2(C(=O)O)C=CC=CC2)cc1. The molecule has 0 fully saturated rings. The maximum absolute atomic E-state index is 11.4. The van der Waals surface area contributed by atoms with Gasteiger partial charge in [-0.15, -0.1) is 0 Å². The second-order valence-electron chi connectivity index (χ2n) is 4.12. The molecular weight excluding hydrogens is 248 g/mol. The fraction of sp³-hybridized carbons (Fsp3) is 0.143. The summed E-state index contributed by atoms with van der Waals surface area (Å²) >= 11 is 0. The van der Waals surface area contributed by atoms with Crippen LogP contribution >= 0.6 is 0 Å². The monoisotopic (exact) mass is 260 g/mol. The van der Waals surface area contributed by atoms with Gasteiger partial charge in [-0.05, 0) is 30.3 Å². The number of aliphatic carboxylic acids is 1. The van der Waals surface area contributed by atoms with Crippen LogP contribution in [-0.4, -0.2) is 27.8 Å². The zero-order chi connectivity index (χ0) is 13.9. The van der Waals surface area contributed by atoms with Crippen LogP contribution in [0.3, 0.4) is 0 Å². The van der Waals surface area contributed by atoms with E-state index >= 15 is 0 Å². The molecule has 5 nitrogen and oxygen atoms in total. The van der Waals surface area contributed by atoms with E-state index in [-0.39, 0.29) is 12.0 Å². The van der Waals surface area contributed by atoms with Crippen LogP contribution in [0.1, 0.15) is 16.8 Å². The van der Waals surface area contributed by atoms with Crippen molar-refractivity contribution in [3.63, 3.8) is 0 Å². The highest BCUT2D eigenvalue weighted by molar-refractivity contribution is 5.87. The largest absolute Gasteiger partial charge is 0.478 e. The van der Waals surface area contributed by atoms with E-state index in [1.165, 1.54) is 30.3 Å². The molecule has 0 bridgehead atoms. The Labute approximate surface area is 109 Å². The number of rotatable bonds is 4. The predicted octanol–water partition coefficient (Wildman–Crippen LogP) is 2.10. The summed E-state index contributed by atoms with van der Waals surface area (Å²) in [5, 5.41) is 18.1. The third kappa shape index (κ3) is 2.65. The molecule has 0 aliphatic heterocycles. The molecule has 5 heteroatoms. The number of hydrogen-bond donors (Lipinski definition) is 2. The summed E-state index contributed by atoms with van der Waals surface area (Å²) in [6.45, 7) is 0. The number of benzene rings is 1. The summed E-state index contributed by atoms with van der Waals surface area (Å²) in [4.78, 5) is 22.1. The van der Waals surface area contributed by atoms with Crippen LogP contribution in [0.4, 0.5) is 0 Å². The smallest absolute Gasteiger partial charge is 0.352 e. The Morgan fingerprint density at radius 3 is 2.26 bits per heavy atom. The molecule has 1 aromatic rings. The van der Waals surface area contributed by atoms with Crippen LogP contribution in [0.5, 0.6) is 5.75 Å². The summed E-state index contributed by atoms with van der Waals surface area (Å²) in [5.74, 6) is -1.82. The van der Waals surface area contributed by atoms with Crippen molar-refractivity contribution in [1.82, 2.24) is 0 Å². The lowest BCUT2D eigenvalue weighted by Crippen LogP contribution is -2.43. The highest BCUT2D eigenvalue weighted by Crippen LogP contribution is 2.26. The lowest BCUT2D eigenvalue weighted by Gasteiger charge is -2.27. The van der Waals surface area contributed by atoms with E-state index in [1.54, 1.807) is 18.2 Å². The average Bonchev–Trinajstić information content (AvgIpc) is 2.40. The van der Waals surface area contributed by atoms with E-state index in [1.807, 2.05) is 0 Å². The van der Waals surface area contributed by atoms with Crippen LogP contribution in [-0.2, 0) is 4.79 Å². The number of ether oxygens (including phenoxy) is 1. The number of hydrogen-bond acceptors (Lipinski definition) is 3. The first kappa shape index (κ1) is 12.9. The second-order valence-corrected chi connectivity index (χ2v) is 4.12. The van der Waals surface area contributed by atoms with Crippen LogP contribution in [0.2, 0.25) is 0 Å². The van der Waals surface area contributed by atoms with E-state index < -0.39 is 17.5 Å². The van der Waals surface area contributed by atoms with E-state index in [0.29, 0.717) is 5.75 Å². The Balaban J connectivity index is 2.23. The van der Waals surface area contributed by atoms with Gasteiger partial charge in [-0.2, -0.15) is 0 Å². The minimum atomic E-state index is -1.43. The number of allylic oxidation sites excluding steroid dienone is 2. The predicted molar refractivity (Wildman–Crippen MR) is 67.3 cm³/mol. The molecule has 98 valence electrons. The fourth-order valence-electron chi connectivity index (χ4n) is 1.75. The molecular formula is C14H12O5. The van der Waals surface area contributed by atoms with E-state index in [4.69, 9.17) is 9.84 Å². The number of aromatic carboxylic acids is 1. The zero-order valence-electron chi connectivity index (χ0n) is 9.95. The molecule has 19 heavy (non-hydrogen) atoms. The normalized spacial score (nSPS) is 21.1. The van der Waals surface area contributed by atoms with Gasteiger partial charge in [0.25, 0.3) is 0 Å². The van der Waals surface area contributed by atoms with Gasteiger partial charge in [0.2, 0.25) is 5.60 Å². The average molecular weight is 260 g/mol. The van der Waals surface area contributed by atoms with Gasteiger partial charge >= 0.3 is 11.9 Å². The summed E-state index contributed by atoms with van der Waals surface area (Å²) in [7, 11) is 0. The molecule has 1 unspecified atom stereocenters. The molecule has 0 heterocycles. The van der Waals surface area contributed by atoms with Gasteiger partial charge in [0.1, 0.15) is 5.75 Å². The Kier molecular flexibility index (Phi) is 3.37. The van der Waals surface area contributed by atoms with Crippen molar-refractivity contribution >= 4 is 11.9 Å². The minimum Gasteiger partial charge on any atom is -0.478 e. The molecule has 1 atom stereocenters. The maximum Gasteiger partial charge on any atom is 0.352 e. The highest BCUT2D eigenvalue weighted by Gasteiger charge is 2.38. The van der Waals surface area contributed by atoms with Gasteiger partial charge in [0, 0.05) is 6.42 Å². The van der Waals surface area contributed by atoms with Crippen molar-refractivity contribution in [2.45, 2.75) is 12.0 Å². The van der Waals surface area contributed by atoms with Gasteiger partial charge in [-0.25, -0.2) is 9.59 Å². The Hall–Kier alpha value is -2.56. The van der Waals surface area contributed by atoms with E-state index in [0.717, 1.165) is 0 Å². The first-order valence-electron chi connectivity index (χ1n) is 5.64. The molecule has 0 aromatic heterocycles. The lowest BCUT2D eigenvalue weighted by molar-refractivity contribution is -0.150. The Morgan fingerprint density at radius 1 is 1.11 bits per heavy atom. The summed E-state index contributed by atoms with van der Waals surface area (Å²) in [5.41, 5.74) is -1.31. The first-order valence-corrected chi connectivity index (χ1v) is 5.64. The molecule has 1 aromatic carbocycles. The fourth-order valence-corrected chi connectivity index (χ4v) is 1.75. The molecule has 1 aliphatic rings. The van der Waals surface area contributed by atoms with E-state index in [9.17, 15) is 14.7 Å². The standard InChI is InChI=1S/C14H12O5/c15-12(16)10-4-6-11(7-5-10)19-14(13(17)18)8-2-1-3-9-14/h1-8H,9H2,(H,15,16)(H,17,18). The topological polar surface area (TPSA) is 83.8 Å². The van der Waals surface area contributed by atoms with Gasteiger partial charge in [-0.3, -0.25) is 0 Å². The molecule has 0 spiro atoms. The quantitative estimate of drug-likeness (QED) is 0.866. The third-order valence-corrected chi connectivity index (χ3v) is 2.80. The summed E-state index contributed by atoms with van der Waals surface area (Å²) in [6, 6.07) is 5.63. The van der Waals surface area contributed by atoms with Gasteiger partial charge in [0.15, 0.2) is 0 Å². The van der Waals surface area contributed by atoms with Crippen molar-refractivity contribution in [1.29, 1.82) is 0 Å². The van der Waals surface area contributed by atoms with Crippen molar-refractivity contribution in [3.8, 4) is 5.75 Å². The van der Waals surface area contributed by atoms with Crippen LogP contribution in [0.15, 0.2) is 48.6 Å². The zero-order valence-corrected chi connectivity index (χ0v) is 9.95. The second kappa shape index (κ2) is 4.97. The number of carboxylic acid groups (broad SMARTS) is 2. The third-order valence-electron chi connectivity index (χ3n) is 2.80. The van der Waals surface area contributed by atoms with Crippen LogP contribution in [0, 0.1) is 0 Å². The Bertz CT molecular complexity index is 556. The van der Waals surface area contributed by atoms with Gasteiger partial charge in [0.05, 0.1) is 5.56 Å². The molecule has 0 saturated carbocycles. The van der Waals surface area contributed by atoms with Crippen LogP contribution in [0.25, 0.3) is 0 Å². The molecule has 0 amide bonds. The van der Waals surface area contributed by atoms with E-state index in [2.05, 4.69) is 0 Å². The van der Waals surface area contributed by atoms with Crippen molar-refractivity contribution in [3.05, 3.63) is 54.1 Å². The highest BCUT2D eigenvalue weighted by atomic mass is 16.5. The van der Waals surface area contributed by atoms with Gasteiger partial charge < -0.3 is 14.9 Å². The summed E-state index contributed by atoms with van der Waals surface area (Å²) in [6.07, 6.45) is 6.76. The molecule has 0 radical (unpaired) electrons. The Morgan fingerprint density at radius 2 is 1.79 bits per heavy atom. The maximum atomic E-state index is 11.4. The number of carboxylic acids is 2. The molecule has 2 rings (SSSR count). The minimum absolute atomic E-state index is 0.121. The molecule has 1 aliphatic carbocycles. The van der Waals surface area contributed by atoms with Crippen molar-refractivity contribution in [2.75, 3.05) is 0 Å². The van der Waals surface area contributed by atoms with Crippen LogP contribution < -0.4 is 4.74 Å². The summed E-state index contributed by atoms with van der Waals surface area (Å²) < 4.78 is 5.51. The lowest BCUT2D eigenvalue weighted by atomic mass is 9.95. The molecule has 2 N–H and O–H groups in total. The van der Waals surface area contributed by atoms with Crippen molar-refractivity contribution in [2.24, 2.45) is 0 Å². The first-order chi connectivity index (χ1) is 9.03. The van der Waals surface area contributed by atoms with Crippen molar-refractivity contribution < 1.29 is 24.5 Å².